The van der Waals surface area contributed by atoms with Crippen LogP contribution in [0.4, 0.5) is 0 Å². The Morgan fingerprint density at radius 2 is 2.00 bits per heavy atom. The lowest BCUT2D eigenvalue weighted by molar-refractivity contribution is -0.135. The van der Waals surface area contributed by atoms with Gasteiger partial charge in [-0.1, -0.05) is 0 Å². The number of carbonyl (C=O) groups excluding carboxylic acids is 1. The van der Waals surface area contributed by atoms with Crippen LogP contribution in [0.25, 0.3) is 0 Å². The minimum atomic E-state index is 0.0746. The molecule has 0 spiro atoms. The molecule has 1 N–H and O–H groups in total. The number of amides is 1. The Hall–Kier alpha value is -0.610. The molecule has 0 aromatic heterocycles. The monoisotopic (exact) mass is 225 g/mol. The van der Waals surface area contributed by atoms with Crippen molar-refractivity contribution in [2.24, 2.45) is 0 Å². The molecular formula is C12H23N3O. The number of likely N-dealkylation sites (N-methyl/N-ethyl adjacent to an activating group) is 1. The molecule has 0 radical (unpaired) electrons. The van der Waals surface area contributed by atoms with Gasteiger partial charge in [-0.2, -0.15) is 0 Å². The van der Waals surface area contributed by atoms with Gasteiger partial charge >= 0.3 is 0 Å². The molecule has 0 saturated carbocycles. The number of rotatable bonds is 1. The summed E-state index contributed by atoms with van der Waals surface area (Å²) in [6.45, 7) is 7.09. The third-order valence-electron chi connectivity index (χ3n) is 3.94. The van der Waals surface area contributed by atoms with Gasteiger partial charge < -0.3 is 15.1 Å². The van der Waals surface area contributed by atoms with E-state index in [1.54, 1.807) is 0 Å². The van der Waals surface area contributed by atoms with E-state index in [9.17, 15) is 4.79 Å². The van der Waals surface area contributed by atoms with Crippen molar-refractivity contribution in [2.45, 2.75) is 44.8 Å². The zero-order valence-corrected chi connectivity index (χ0v) is 10.6. The molecule has 2 fully saturated rings. The van der Waals surface area contributed by atoms with Gasteiger partial charge in [0.25, 0.3) is 0 Å². The van der Waals surface area contributed by atoms with E-state index in [0.717, 1.165) is 32.5 Å². The third kappa shape index (κ3) is 2.38. The van der Waals surface area contributed by atoms with Gasteiger partial charge in [0.2, 0.25) is 5.91 Å². The maximum absolute atomic E-state index is 12.2. The van der Waals surface area contributed by atoms with E-state index in [4.69, 9.17) is 0 Å². The van der Waals surface area contributed by atoms with Crippen molar-refractivity contribution in [1.82, 2.24) is 15.1 Å². The molecule has 16 heavy (non-hydrogen) atoms. The summed E-state index contributed by atoms with van der Waals surface area (Å²) >= 11 is 0. The van der Waals surface area contributed by atoms with Crippen molar-refractivity contribution >= 4 is 5.91 Å². The fraction of sp³-hybridized carbons (Fsp3) is 0.917. The second-order valence-corrected chi connectivity index (χ2v) is 5.31. The lowest BCUT2D eigenvalue weighted by Crippen LogP contribution is -2.55. The highest BCUT2D eigenvalue weighted by Gasteiger charge is 2.32. The molecule has 0 aromatic rings. The molecule has 2 aliphatic heterocycles. The first-order chi connectivity index (χ1) is 7.58. The van der Waals surface area contributed by atoms with Gasteiger partial charge in [-0.15, -0.1) is 0 Å². The zero-order chi connectivity index (χ0) is 11.7. The Bertz CT molecular complexity index is 269. The fourth-order valence-corrected chi connectivity index (χ4v) is 2.59. The van der Waals surface area contributed by atoms with Crippen molar-refractivity contribution in [3.05, 3.63) is 0 Å². The maximum Gasteiger partial charge on any atom is 0.239 e. The predicted octanol–water partition coefficient (Wildman–Crippen LogP) is 0.289. The molecule has 4 nitrogen and oxygen atoms in total. The summed E-state index contributed by atoms with van der Waals surface area (Å²) in [7, 11) is 2.13. The maximum atomic E-state index is 12.2. The Labute approximate surface area is 98.0 Å². The summed E-state index contributed by atoms with van der Waals surface area (Å²) in [6.07, 6.45) is 2.13. The molecule has 1 amide bonds. The minimum absolute atomic E-state index is 0.0746. The van der Waals surface area contributed by atoms with Gasteiger partial charge in [-0.25, -0.2) is 0 Å². The van der Waals surface area contributed by atoms with Gasteiger partial charge in [-0.3, -0.25) is 4.79 Å². The van der Waals surface area contributed by atoms with Gasteiger partial charge in [0, 0.05) is 31.7 Å². The van der Waals surface area contributed by atoms with E-state index in [2.05, 4.69) is 31.1 Å². The SMILES string of the molecule is C[C@@H]1CC[C@@H](C(=O)N2CCN(C)[C@H](C)C2)N1. The molecule has 3 atom stereocenters. The Morgan fingerprint density at radius 3 is 2.56 bits per heavy atom. The average Bonchev–Trinajstić information content (AvgIpc) is 2.68. The molecule has 0 bridgehead atoms. The van der Waals surface area contributed by atoms with E-state index in [1.807, 2.05) is 4.90 Å². The summed E-state index contributed by atoms with van der Waals surface area (Å²) in [5, 5.41) is 3.37. The van der Waals surface area contributed by atoms with Crippen molar-refractivity contribution in [1.29, 1.82) is 0 Å². The smallest absolute Gasteiger partial charge is 0.239 e. The topological polar surface area (TPSA) is 35.6 Å². The number of carbonyl (C=O) groups is 1. The highest BCUT2D eigenvalue weighted by atomic mass is 16.2. The molecule has 2 saturated heterocycles. The second kappa shape index (κ2) is 4.72. The molecule has 0 aliphatic carbocycles. The molecule has 0 unspecified atom stereocenters. The Balaban J connectivity index is 1.90. The summed E-state index contributed by atoms with van der Waals surface area (Å²) < 4.78 is 0. The van der Waals surface area contributed by atoms with Crippen molar-refractivity contribution < 1.29 is 4.79 Å². The summed E-state index contributed by atoms with van der Waals surface area (Å²) in [6, 6.07) is 1.06. The quantitative estimate of drug-likeness (QED) is 0.697. The summed E-state index contributed by atoms with van der Waals surface area (Å²) in [4.78, 5) is 16.6. The lowest BCUT2D eigenvalue weighted by atomic mass is 10.1. The average molecular weight is 225 g/mol. The standard InChI is InChI=1S/C12H23N3O/c1-9-4-5-11(13-9)12(16)15-7-6-14(3)10(2)8-15/h9-11,13H,4-8H2,1-3H3/t9-,10-,11+/m1/s1. The van der Waals surface area contributed by atoms with Crippen LogP contribution in [0.1, 0.15) is 26.7 Å². The first-order valence-electron chi connectivity index (χ1n) is 6.33. The number of nitrogens with zero attached hydrogens (tertiary/aromatic N) is 2. The minimum Gasteiger partial charge on any atom is -0.339 e. The molecule has 92 valence electrons. The number of nitrogens with one attached hydrogen (secondary N) is 1. The van der Waals surface area contributed by atoms with Crippen LogP contribution in [-0.2, 0) is 4.79 Å². The number of piperazine rings is 1. The van der Waals surface area contributed by atoms with Crippen LogP contribution in [0.5, 0.6) is 0 Å². The highest BCUT2D eigenvalue weighted by Crippen LogP contribution is 2.16. The van der Waals surface area contributed by atoms with Crippen molar-refractivity contribution in [3.8, 4) is 0 Å². The number of hydrogen-bond acceptors (Lipinski definition) is 3. The Kier molecular flexibility index (Phi) is 3.50. The fourth-order valence-electron chi connectivity index (χ4n) is 2.59. The van der Waals surface area contributed by atoms with Crippen LogP contribution >= 0.6 is 0 Å². The van der Waals surface area contributed by atoms with E-state index in [-0.39, 0.29) is 6.04 Å². The van der Waals surface area contributed by atoms with Gasteiger partial charge in [0.05, 0.1) is 6.04 Å². The summed E-state index contributed by atoms with van der Waals surface area (Å²) in [5.74, 6) is 0.310. The molecule has 4 heteroatoms. The normalized spacial score (nSPS) is 36.7. The second-order valence-electron chi connectivity index (χ2n) is 5.31. The van der Waals surface area contributed by atoms with Crippen LogP contribution < -0.4 is 5.32 Å². The lowest BCUT2D eigenvalue weighted by Gasteiger charge is -2.38. The van der Waals surface area contributed by atoms with E-state index in [1.165, 1.54) is 0 Å². The first-order valence-corrected chi connectivity index (χ1v) is 6.33. The van der Waals surface area contributed by atoms with Crippen LogP contribution in [0.15, 0.2) is 0 Å². The summed E-state index contributed by atoms with van der Waals surface area (Å²) in [5.41, 5.74) is 0. The molecule has 2 rings (SSSR count). The van der Waals surface area contributed by atoms with E-state index >= 15 is 0 Å². The van der Waals surface area contributed by atoms with Gasteiger partial charge in [0.15, 0.2) is 0 Å². The van der Waals surface area contributed by atoms with Crippen molar-refractivity contribution in [2.75, 3.05) is 26.7 Å². The molecular weight excluding hydrogens is 202 g/mol. The molecule has 2 heterocycles. The predicted molar refractivity (Wildman–Crippen MR) is 64.3 cm³/mol. The number of hydrogen-bond donors (Lipinski definition) is 1. The van der Waals surface area contributed by atoms with Gasteiger partial charge in [-0.05, 0) is 33.7 Å². The van der Waals surface area contributed by atoms with Crippen LogP contribution in [0, 0.1) is 0 Å². The van der Waals surface area contributed by atoms with Crippen LogP contribution in [0.2, 0.25) is 0 Å². The van der Waals surface area contributed by atoms with Gasteiger partial charge in [0.1, 0.15) is 0 Å². The van der Waals surface area contributed by atoms with E-state index in [0.29, 0.717) is 18.0 Å². The van der Waals surface area contributed by atoms with Crippen LogP contribution in [-0.4, -0.2) is 60.5 Å². The highest BCUT2D eigenvalue weighted by molar-refractivity contribution is 5.82. The molecule has 2 aliphatic rings. The van der Waals surface area contributed by atoms with E-state index < -0.39 is 0 Å². The van der Waals surface area contributed by atoms with Crippen molar-refractivity contribution in [3.63, 3.8) is 0 Å². The Morgan fingerprint density at radius 1 is 1.25 bits per heavy atom. The zero-order valence-electron chi connectivity index (χ0n) is 10.6. The van der Waals surface area contributed by atoms with Crippen LogP contribution in [0.3, 0.4) is 0 Å². The first kappa shape index (κ1) is 11.9. The molecule has 0 aromatic carbocycles. The third-order valence-corrected chi connectivity index (χ3v) is 3.94. The largest absolute Gasteiger partial charge is 0.339 e.